The van der Waals surface area contributed by atoms with E-state index >= 15 is 0 Å². The zero-order valence-electron chi connectivity index (χ0n) is 24.7. The van der Waals surface area contributed by atoms with Gasteiger partial charge in [-0.25, -0.2) is 19.3 Å². The van der Waals surface area contributed by atoms with Gasteiger partial charge in [0, 0.05) is 18.1 Å². The molecule has 1 N–H and O–H groups in total. The number of alkyl carbamates (subject to hydrolysis) is 1. The third kappa shape index (κ3) is 7.08. The van der Waals surface area contributed by atoms with E-state index in [1.54, 1.807) is 12.3 Å². The predicted octanol–water partition coefficient (Wildman–Crippen LogP) is 5.91. The second kappa shape index (κ2) is 13.9. The van der Waals surface area contributed by atoms with Crippen LogP contribution >= 0.6 is 0 Å². The van der Waals surface area contributed by atoms with Gasteiger partial charge in [0.05, 0.1) is 17.5 Å². The molecule has 2 atom stereocenters. The van der Waals surface area contributed by atoms with Crippen molar-refractivity contribution in [1.29, 1.82) is 0 Å². The number of para-hydroxylation sites is 1. The number of fused-ring (bicyclic) bond motifs is 1. The van der Waals surface area contributed by atoms with Crippen LogP contribution in [0.5, 0.6) is 0 Å². The van der Waals surface area contributed by atoms with Gasteiger partial charge in [0.25, 0.3) is 0 Å². The number of amides is 3. The fraction of sp³-hybridized carbons (Fsp3) is 0.294. The number of aromatic nitrogens is 1. The third-order valence-corrected chi connectivity index (χ3v) is 7.63. The minimum Gasteiger partial charge on any atom is -0.447 e. The molecule has 0 unspecified atom stereocenters. The molecule has 1 aliphatic heterocycles. The van der Waals surface area contributed by atoms with Crippen molar-refractivity contribution >= 4 is 35.1 Å². The highest BCUT2D eigenvalue weighted by atomic mass is 16.6. The predicted molar refractivity (Wildman–Crippen MR) is 163 cm³/mol. The molecule has 44 heavy (non-hydrogen) atoms. The summed E-state index contributed by atoms with van der Waals surface area (Å²) in [5, 5.41) is 3.44. The highest BCUT2D eigenvalue weighted by Gasteiger charge is 2.42. The first-order valence-electron chi connectivity index (χ1n) is 14.6. The summed E-state index contributed by atoms with van der Waals surface area (Å²) in [6.07, 6.45) is -0.190. The van der Waals surface area contributed by atoms with E-state index in [2.05, 4.69) is 5.32 Å². The number of rotatable bonds is 10. The van der Waals surface area contributed by atoms with E-state index in [4.69, 9.17) is 14.2 Å². The number of hydrogen-bond acceptors (Lipinski definition) is 7. The summed E-state index contributed by atoms with van der Waals surface area (Å²) in [6.45, 7) is 4.00. The van der Waals surface area contributed by atoms with Crippen molar-refractivity contribution in [2.24, 2.45) is 11.8 Å². The summed E-state index contributed by atoms with van der Waals surface area (Å²) < 4.78 is 17.6. The molecule has 1 aliphatic rings. The van der Waals surface area contributed by atoms with Crippen LogP contribution in [-0.2, 0) is 38.6 Å². The monoisotopic (exact) mass is 597 g/mol. The van der Waals surface area contributed by atoms with Crippen molar-refractivity contribution in [3.05, 3.63) is 108 Å². The number of nitrogens with one attached hydrogen (secondary N) is 1. The normalized spacial score (nSPS) is 15.2. The minimum atomic E-state index is -0.856. The smallest absolute Gasteiger partial charge is 0.418 e. The molecule has 1 fully saturated rings. The molecule has 4 aromatic rings. The fourth-order valence-electron chi connectivity index (χ4n) is 5.22. The van der Waals surface area contributed by atoms with Gasteiger partial charge in [-0.3, -0.25) is 9.36 Å². The van der Waals surface area contributed by atoms with Crippen LogP contribution in [0.1, 0.15) is 30.5 Å². The van der Waals surface area contributed by atoms with Crippen LogP contribution in [0.15, 0.2) is 91.1 Å². The van der Waals surface area contributed by atoms with Crippen LogP contribution in [0.2, 0.25) is 0 Å². The van der Waals surface area contributed by atoms with Gasteiger partial charge in [-0.2, -0.15) is 0 Å². The van der Waals surface area contributed by atoms with Crippen molar-refractivity contribution in [1.82, 2.24) is 14.8 Å². The average Bonchev–Trinajstić information content (AvgIpc) is 3.62. The van der Waals surface area contributed by atoms with Crippen LogP contribution in [0.25, 0.3) is 10.9 Å². The Hall–Kier alpha value is -5.12. The van der Waals surface area contributed by atoms with Crippen molar-refractivity contribution in [3.63, 3.8) is 0 Å². The van der Waals surface area contributed by atoms with E-state index in [9.17, 15) is 19.2 Å². The number of carbonyl (C=O) groups excluding carboxylic acids is 4. The zero-order valence-corrected chi connectivity index (χ0v) is 24.7. The van der Waals surface area contributed by atoms with Crippen LogP contribution in [0, 0.1) is 11.8 Å². The Morgan fingerprint density at radius 2 is 1.50 bits per heavy atom. The lowest BCUT2D eigenvalue weighted by atomic mass is 9.95. The summed E-state index contributed by atoms with van der Waals surface area (Å²) in [6, 6.07) is 25.5. The van der Waals surface area contributed by atoms with Crippen molar-refractivity contribution in [3.8, 4) is 0 Å². The number of carbonyl (C=O) groups is 4. The standard InChI is InChI=1S/C34H35N3O7/c1-23(2)30-22-44-34(41)37(30)31(38)26(18-35-32(39)42-20-24-11-5-3-6-12-24)17-27-19-36(29-16-10-9-15-28(27)29)33(40)43-21-25-13-7-4-8-14-25/h3-16,19,23,26,30H,17-18,20-22H2,1-2H3,(H,35,39)/t26-,30-/m1/s1. The lowest BCUT2D eigenvalue weighted by Gasteiger charge is -2.27. The van der Waals surface area contributed by atoms with Crippen LogP contribution in [0.4, 0.5) is 14.4 Å². The molecule has 3 amide bonds. The molecule has 1 saturated heterocycles. The van der Waals surface area contributed by atoms with E-state index in [-0.39, 0.29) is 38.7 Å². The SMILES string of the molecule is CC(C)[C@H]1COC(=O)N1C(=O)[C@@H](CNC(=O)OCc1ccccc1)Cc1cn(C(=O)OCc2ccccc2)c2ccccc12. The highest BCUT2D eigenvalue weighted by Crippen LogP contribution is 2.27. The Bertz CT molecular complexity index is 1620. The van der Waals surface area contributed by atoms with Crippen molar-refractivity contribution in [2.75, 3.05) is 13.2 Å². The van der Waals surface area contributed by atoms with E-state index in [0.717, 1.165) is 21.4 Å². The first-order valence-corrected chi connectivity index (χ1v) is 14.6. The number of nitrogens with zero attached hydrogens (tertiary/aromatic N) is 2. The van der Waals surface area contributed by atoms with E-state index in [1.807, 2.05) is 92.7 Å². The number of imide groups is 1. The summed E-state index contributed by atoms with van der Waals surface area (Å²) in [5.74, 6) is -1.36. The third-order valence-electron chi connectivity index (χ3n) is 7.63. The van der Waals surface area contributed by atoms with Crippen LogP contribution < -0.4 is 5.32 Å². The zero-order chi connectivity index (χ0) is 31.1. The summed E-state index contributed by atoms with van der Waals surface area (Å²) in [4.78, 5) is 53.6. The van der Waals surface area contributed by atoms with Gasteiger partial charge in [-0.05, 0) is 35.1 Å². The summed E-state index contributed by atoms with van der Waals surface area (Å²) in [7, 11) is 0. The number of hydrogen-bond donors (Lipinski definition) is 1. The molecule has 10 heteroatoms. The number of benzene rings is 3. The fourth-order valence-corrected chi connectivity index (χ4v) is 5.22. The second-order valence-corrected chi connectivity index (χ2v) is 11.0. The van der Waals surface area contributed by atoms with E-state index in [0.29, 0.717) is 11.1 Å². The number of ether oxygens (including phenoxy) is 3. The van der Waals surface area contributed by atoms with Crippen molar-refractivity contribution in [2.45, 2.75) is 39.5 Å². The van der Waals surface area contributed by atoms with Gasteiger partial charge < -0.3 is 19.5 Å². The van der Waals surface area contributed by atoms with Gasteiger partial charge in [0.2, 0.25) is 5.91 Å². The van der Waals surface area contributed by atoms with Crippen molar-refractivity contribution < 1.29 is 33.4 Å². The Balaban J connectivity index is 1.37. The minimum absolute atomic E-state index is 0.0313. The van der Waals surface area contributed by atoms with E-state index in [1.165, 1.54) is 4.57 Å². The topological polar surface area (TPSA) is 116 Å². The molecule has 0 spiro atoms. The maximum Gasteiger partial charge on any atom is 0.418 e. The quantitative estimate of drug-likeness (QED) is 0.226. The maximum atomic E-state index is 13.9. The molecule has 1 aromatic heterocycles. The van der Waals surface area contributed by atoms with E-state index < -0.39 is 36.1 Å². The van der Waals surface area contributed by atoms with Gasteiger partial charge in [0.15, 0.2) is 0 Å². The Morgan fingerprint density at radius 3 is 2.16 bits per heavy atom. The molecule has 2 heterocycles. The Labute approximate surface area is 255 Å². The Morgan fingerprint density at radius 1 is 0.886 bits per heavy atom. The summed E-state index contributed by atoms with van der Waals surface area (Å²) in [5.41, 5.74) is 2.97. The lowest BCUT2D eigenvalue weighted by Crippen LogP contribution is -2.48. The summed E-state index contributed by atoms with van der Waals surface area (Å²) >= 11 is 0. The van der Waals surface area contributed by atoms with Gasteiger partial charge in [-0.1, -0.05) is 92.7 Å². The molecule has 10 nitrogen and oxygen atoms in total. The largest absolute Gasteiger partial charge is 0.447 e. The molecule has 0 saturated carbocycles. The molecule has 3 aromatic carbocycles. The molecule has 228 valence electrons. The lowest BCUT2D eigenvalue weighted by molar-refractivity contribution is -0.133. The van der Waals surface area contributed by atoms with Gasteiger partial charge >= 0.3 is 18.3 Å². The van der Waals surface area contributed by atoms with Gasteiger partial charge in [0.1, 0.15) is 19.8 Å². The molecular formula is C34H35N3O7. The molecule has 0 radical (unpaired) electrons. The average molecular weight is 598 g/mol. The van der Waals surface area contributed by atoms with Crippen LogP contribution in [0.3, 0.4) is 0 Å². The Kier molecular flexibility index (Phi) is 9.59. The first kappa shape index (κ1) is 30.3. The van der Waals surface area contributed by atoms with Gasteiger partial charge in [-0.15, -0.1) is 0 Å². The highest BCUT2D eigenvalue weighted by molar-refractivity contribution is 5.96. The van der Waals surface area contributed by atoms with Crippen LogP contribution in [-0.4, -0.2) is 52.8 Å². The second-order valence-electron chi connectivity index (χ2n) is 11.0. The number of cyclic esters (lactones) is 1. The molecular weight excluding hydrogens is 562 g/mol. The molecule has 5 rings (SSSR count). The molecule has 0 bridgehead atoms. The first-order chi connectivity index (χ1) is 21.3. The maximum absolute atomic E-state index is 13.9. The molecule has 0 aliphatic carbocycles.